The van der Waals surface area contributed by atoms with E-state index in [9.17, 15) is 9.59 Å². The van der Waals surface area contributed by atoms with Crippen molar-refractivity contribution >= 4 is 33.4 Å². The van der Waals surface area contributed by atoms with Gasteiger partial charge in [0.05, 0.1) is 0 Å². The molecule has 0 aliphatic rings. The SMILES string of the molecule is CCCN(CCC)C(=O)C(C)(C)C(=O)Nc1ccc(Br)cc1. The van der Waals surface area contributed by atoms with Crippen molar-refractivity contribution in [2.45, 2.75) is 40.5 Å². The molecule has 122 valence electrons. The molecule has 0 heterocycles. The van der Waals surface area contributed by atoms with E-state index in [2.05, 4.69) is 21.2 Å². The van der Waals surface area contributed by atoms with E-state index in [1.54, 1.807) is 30.9 Å². The number of nitrogens with zero attached hydrogens (tertiary/aromatic N) is 1. The summed E-state index contributed by atoms with van der Waals surface area (Å²) >= 11 is 3.35. The zero-order valence-electron chi connectivity index (χ0n) is 13.8. The molecule has 0 fully saturated rings. The molecule has 0 bridgehead atoms. The van der Waals surface area contributed by atoms with Gasteiger partial charge in [-0.1, -0.05) is 29.8 Å². The highest BCUT2D eigenvalue weighted by atomic mass is 79.9. The number of anilines is 1. The summed E-state index contributed by atoms with van der Waals surface area (Å²) in [5.74, 6) is -0.400. The van der Waals surface area contributed by atoms with Gasteiger partial charge in [-0.2, -0.15) is 0 Å². The second-order valence-corrected chi connectivity index (χ2v) is 6.79. The Kier molecular flexibility index (Phi) is 7.07. The van der Waals surface area contributed by atoms with Crippen LogP contribution >= 0.6 is 15.9 Å². The van der Waals surface area contributed by atoms with Crippen molar-refractivity contribution in [3.8, 4) is 0 Å². The Hall–Kier alpha value is -1.36. The predicted octanol–water partition coefficient (Wildman–Crippen LogP) is 4.06. The van der Waals surface area contributed by atoms with Crippen molar-refractivity contribution in [1.82, 2.24) is 4.90 Å². The van der Waals surface area contributed by atoms with E-state index in [0.29, 0.717) is 18.8 Å². The van der Waals surface area contributed by atoms with Gasteiger partial charge in [0.15, 0.2) is 0 Å². The Morgan fingerprint density at radius 2 is 1.59 bits per heavy atom. The van der Waals surface area contributed by atoms with Crippen LogP contribution in [0.4, 0.5) is 5.69 Å². The number of hydrogen-bond donors (Lipinski definition) is 1. The van der Waals surface area contributed by atoms with Crippen molar-refractivity contribution in [3.05, 3.63) is 28.7 Å². The maximum absolute atomic E-state index is 12.7. The third-order valence-corrected chi connectivity index (χ3v) is 4.01. The lowest BCUT2D eigenvalue weighted by molar-refractivity contribution is -0.146. The third-order valence-electron chi connectivity index (χ3n) is 3.48. The lowest BCUT2D eigenvalue weighted by Crippen LogP contribution is -2.47. The van der Waals surface area contributed by atoms with E-state index in [-0.39, 0.29) is 11.8 Å². The second kappa shape index (κ2) is 8.32. The highest BCUT2D eigenvalue weighted by Gasteiger charge is 2.38. The van der Waals surface area contributed by atoms with Crippen LogP contribution in [0.3, 0.4) is 0 Å². The molecule has 1 N–H and O–H groups in total. The van der Waals surface area contributed by atoms with Crippen molar-refractivity contribution in [3.63, 3.8) is 0 Å². The molecule has 0 aromatic heterocycles. The third kappa shape index (κ3) is 4.83. The molecule has 0 saturated carbocycles. The van der Waals surface area contributed by atoms with Crippen molar-refractivity contribution in [2.24, 2.45) is 5.41 Å². The molecule has 0 radical (unpaired) electrons. The average molecular weight is 369 g/mol. The first kappa shape index (κ1) is 18.7. The van der Waals surface area contributed by atoms with Gasteiger partial charge in [0.2, 0.25) is 11.8 Å². The van der Waals surface area contributed by atoms with Crippen molar-refractivity contribution < 1.29 is 9.59 Å². The van der Waals surface area contributed by atoms with Crippen LogP contribution in [-0.2, 0) is 9.59 Å². The van der Waals surface area contributed by atoms with Gasteiger partial charge in [0, 0.05) is 23.2 Å². The maximum atomic E-state index is 12.7. The Morgan fingerprint density at radius 1 is 1.09 bits per heavy atom. The zero-order chi connectivity index (χ0) is 16.8. The fourth-order valence-corrected chi connectivity index (χ4v) is 2.43. The van der Waals surface area contributed by atoms with Crippen LogP contribution < -0.4 is 5.32 Å². The zero-order valence-corrected chi connectivity index (χ0v) is 15.4. The summed E-state index contributed by atoms with van der Waals surface area (Å²) in [4.78, 5) is 27.0. The minimum absolute atomic E-state index is 0.120. The molecule has 5 heteroatoms. The summed E-state index contributed by atoms with van der Waals surface area (Å²) in [6, 6.07) is 7.31. The second-order valence-electron chi connectivity index (χ2n) is 5.88. The van der Waals surface area contributed by atoms with Gasteiger partial charge in [0.1, 0.15) is 5.41 Å². The first-order valence-electron chi connectivity index (χ1n) is 7.69. The van der Waals surface area contributed by atoms with Crippen LogP contribution in [0.5, 0.6) is 0 Å². The number of hydrogen-bond acceptors (Lipinski definition) is 2. The molecular weight excluding hydrogens is 344 g/mol. The van der Waals surface area contributed by atoms with E-state index in [0.717, 1.165) is 17.3 Å². The fourth-order valence-electron chi connectivity index (χ4n) is 2.17. The monoisotopic (exact) mass is 368 g/mol. The number of halogens is 1. The summed E-state index contributed by atoms with van der Waals surface area (Å²) in [7, 11) is 0. The van der Waals surface area contributed by atoms with E-state index in [1.165, 1.54) is 0 Å². The van der Waals surface area contributed by atoms with Gasteiger partial charge < -0.3 is 10.2 Å². The smallest absolute Gasteiger partial charge is 0.239 e. The van der Waals surface area contributed by atoms with E-state index in [4.69, 9.17) is 0 Å². The lowest BCUT2D eigenvalue weighted by Gasteiger charge is -2.30. The van der Waals surface area contributed by atoms with E-state index in [1.807, 2.05) is 26.0 Å². The highest BCUT2D eigenvalue weighted by Crippen LogP contribution is 2.23. The lowest BCUT2D eigenvalue weighted by atomic mass is 9.90. The Balaban J connectivity index is 2.83. The van der Waals surface area contributed by atoms with Gasteiger partial charge in [-0.25, -0.2) is 0 Å². The summed E-state index contributed by atoms with van der Waals surface area (Å²) in [6.07, 6.45) is 1.77. The Morgan fingerprint density at radius 3 is 2.05 bits per heavy atom. The molecule has 0 atom stereocenters. The molecule has 0 unspecified atom stereocenters. The van der Waals surface area contributed by atoms with Crippen LogP contribution in [-0.4, -0.2) is 29.8 Å². The van der Waals surface area contributed by atoms with Crippen molar-refractivity contribution in [1.29, 1.82) is 0 Å². The number of carbonyl (C=O) groups is 2. The predicted molar refractivity (Wildman–Crippen MR) is 93.7 cm³/mol. The summed E-state index contributed by atoms with van der Waals surface area (Å²) in [5, 5.41) is 2.82. The van der Waals surface area contributed by atoms with Crippen LogP contribution in [0.15, 0.2) is 28.7 Å². The van der Waals surface area contributed by atoms with Crippen LogP contribution in [0.2, 0.25) is 0 Å². The fraction of sp³-hybridized carbons (Fsp3) is 0.529. The molecule has 0 aliphatic heterocycles. The number of benzene rings is 1. The minimum Gasteiger partial charge on any atom is -0.342 e. The van der Waals surface area contributed by atoms with Gasteiger partial charge in [-0.3, -0.25) is 9.59 Å². The topological polar surface area (TPSA) is 49.4 Å². The number of amides is 2. The molecular formula is C17H25BrN2O2. The molecule has 4 nitrogen and oxygen atoms in total. The minimum atomic E-state index is -1.09. The van der Waals surface area contributed by atoms with Gasteiger partial charge in [-0.15, -0.1) is 0 Å². The quantitative estimate of drug-likeness (QED) is 0.737. The molecule has 1 aromatic carbocycles. The van der Waals surface area contributed by atoms with Crippen molar-refractivity contribution in [2.75, 3.05) is 18.4 Å². The molecule has 22 heavy (non-hydrogen) atoms. The Labute approximate surface area is 141 Å². The van der Waals surface area contributed by atoms with Gasteiger partial charge in [-0.05, 0) is 51.0 Å². The highest BCUT2D eigenvalue weighted by molar-refractivity contribution is 9.10. The first-order valence-corrected chi connectivity index (χ1v) is 8.48. The number of nitrogens with one attached hydrogen (secondary N) is 1. The summed E-state index contributed by atoms with van der Waals surface area (Å²) < 4.78 is 0.943. The van der Waals surface area contributed by atoms with E-state index >= 15 is 0 Å². The summed E-state index contributed by atoms with van der Waals surface area (Å²) in [5.41, 5.74) is -0.399. The van der Waals surface area contributed by atoms with Gasteiger partial charge >= 0.3 is 0 Å². The first-order chi connectivity index (χ1) is 10.3. The number of rotatable bonds is 7. The van der Waals surface area contributed by atoms with E-state index < -0.39 is 5.41 Å². The van der Waals surface area contributed by atoms with Crippen LogP contribution in [0.25, 0.3) is 0 Å². The molecule has 0 aliphatic carbocycles. The Bertz CT molecular complexity index is 506. The molecule has 1 rings (SSSR count). The summed E-state index contributed by atoms with van der Waals surface area (Å²) in [6.45, 7) is 8.79. The van der Waals surface area contributed by atoms with Gasteiger partial charge in [0.25, 0.3) is 0 Å². The standard InChI is InChI=1S/C17H25BrN2O2/c1-5-11-20(12-6-2)16(22)17(3,4)15(21)19-14-9-7-13(18)8-10-14/h7-10H,5-6,11-12H2,1-4H3,(H,19,21). The largest absolute Gasteiger partial charge is 0.342 e. The molecule has 2 amide bonds. The molecule has 1 aromatic rings. The maximum Gasteiger partial charge on any atom is 0.239 e. The molecule has 0 spiro atoms. The van der Waals surface area contributed by atoms with Crippen LogP contribution in [0, 0.1) is 5.41 Å². The van der Waals surface area contributed by atoms with Crippen LogP contribution in [0.1, 0.15) is 40.5 Å². The normalized spacial score (nSPS) is 11.1. The number of carbonyl (C=O) groups excluding carboxylic acids is 2. The average Bonchev–Trinajstić information content (AvgIpc) is 2.48. The molecule has 0 saturated heterocycles.